The van der Waals surface area contributed by atoms with E-state index in [1.54, 1.807) is 0 Å². The molecule has 0 bridgehead atoms. The van der Waals surface area contributed by atoms with Crippen LogP contribution in [0.4, 0.5) is 0 Å². The lowest BCUT2D eigenvalue weighted by atomic mass is 9.95. The van der Waals surface area contributed by atoms with E-state index in [2.05, 4.69) is 17.1 Å². The summed E-state index contributed by atoms with van der Waals surface area (Å²) in [5, 5.41) is 3.41. The molecule has 4 nitrogen and oxygen atoms in total. The van der Waals surface area contributed by atoms with E-state index in [1.165, 1.54) is 12.8 Å². The molecule has 18 heavy (non-hydrogen) atoms. The molecule has 2 fully saturated rings. The number of hydrogen-bond donors (Lipinski definition) is 1. The number of likely N-dealkylation sites (tertiary alicyclic amines) is 1. The van der Waals surface area contributed by atoms with Gasteiger partial charge in [-0.2, -0.15) is 0 Å². The molecule has 2 saturated heterocycles. The molecule has 0 amide bonds. The predicted octanol–water partition coefficient (Wildman–Crippen LogP) is 0.885. The van der Waals surface area contributed by atoms with Gasteiger partial charge in [0.05, 0.1) is 11.5 Å². The Morgan fingerprint density at radius 3 is 2.56 bits per heavy atom. The van der Waals surface area contributed by atoms with Crippen LogP contribution >= 0.6 is 0 Å². The molecular weight excluding hydrogens is 248 g/mol. The molecule has 0 saturated carbocycles. The van der Waals surface area contributed by atoms with Gasteiger partial charge in [0.1, 0.15) is 0 Å². The van der Waals surface area contributed by atoms with E-state index in [1.807, 2.05) is 0 Å². The lowest BCUT2D eigenvalue weighted by molar-refractivity contribution is 0.133. The highest BCUT2D eigenvalue weighted by Crippen LogP contribution is 2.23. The van der Waals surface area contributed by atoms with Crippen molar-refractivity contribution in [3.8, 4) is 0 Å². The van der Waals surface area contributed by atoms with Crippen molar-refractivity contribution >= 4 is 9.84 Å². The van der Waals surface area contributed by atoms with Crippen molar-refractivity contribution in [2.24, 2.45) is 5.92 Å². The summed E-state index contributed by atoms with van der Waals surface area (Å²) in [5.41, 5.74) is 0. The molecule has 1 atom stereocenters. The van der Waals surface area contributed by atoms with Crippen LogP contribution in [0.15, 0.2) is 0 Å². The second kappa shape index (κ2) is 6.35. The summed E-state index contributed by atoms with van der Waals surface area (Å²) in [6.45, 7) is 6.46. The molecule has 0 radical (unpaired) electrons. The van der Waals surface area contributed by atoms with Gasteiger partial charge in [-0.3, -0.25) is 4.90 Å². The topological polar surface area (TPSA) is 49.4 Å². The van der Waals surface area contributed by atoms with E-state index in [0.29, 0.717) is 17.5 Å². The first-order chi connectivity index (χ1) is 8.61. The Kier molecular flexibility index (Phi) is 5.04. The van der Waals surface area contributed by atoms with Gasteiger partial charge in [0.15, 0.2) is 9.84 Å². The van der Waals surface area contributed by atoms with E-state index >= 15 is 0 Å². The first kappa shape index (κ1) is 14.3. The van der Waals surface area contributed by atoms with Crippen molar-refractivity contribution in [2.45, 2.75) is 38.6 Å². The van der Waals surface area contributed by atoms with Gasteiger partial charge in [0, 0.05) is 6.04 Å². The molecule has 2 heterocycles. The highest BCUT2D eigenvalue weighted by Gasteiger charge is 2.31. The molecule has 5 heteroatoms. The van der Waals surface area contributed by atoms with Crippen LogP contribution in [0, 0.1) is 5.92 Å². The lowest BCUT2D eigenvalue weighted by Gasteiger charge is -2.39. The molecule has 1 unspecified atom stereocenters. The minimum atomic E-state index is -2.76. The number of sulfone groups is 1. The summed E-state index contributed by atoms with van der Waals surface area (Å²) in [4.78, 5) is 2.42. The Morgan fingerprint density at radius 1 is 1.22 bits per heavy atom. The molecule has 0 aromatic heterocycles. The Hall–Kier alpha value is -0.130. The third kappa shape index (κ3) is 3.93. The number of nitrogens with zero attached hydrogens (tertiary/aromatic N) is 1. The SMILES string of the molecule is CCNCC1CCN(C2CCCS(=O)(=O)C2)CC1. The van der Waals surface area contributed by atoms with Crippen molar-refractivity contribution in [3.05, 3.63) is 0 Å². The zero-order valence-corrected chi connectivity index (χ0v) is 12.2. The summed E-state index contributed by atoms with van der Waals surface area (Å²) in [6.07, 6.45) is 4.34. The van der Waals surface area contributed by atoms with Crippen LogP contribution in [0.3, 0.4) is 0 Å². The summed E-state index contributed by atoms with van der Waals surface area (Å²) >= 11 is 0. The van der Waals surface area contributed by atoms with Crippen LogP contribution in [0.1, 0.15) is 32.6 Å². The standard InChI is InChI=1S/C13H26N2O2S/c1-2-14-10-12-5-7-15(8-6-12)13-4-3-9-18(16,17)11-13/h12-14H,2-11H2,1H3. The van der Waals surface area contributed by atoms with Crippen LogP contribution in [0.2, 0.25) is 0 Å². The fourth-order valence-corrected chi connectivity index (χ4v) is 4.89. The largest absolute Gasteiger partial charge is 0.317 e. The third-order valence-electron chi connectivity index (χ3n) is 4.29. The fraction of sp³-hybridized carbons (Fsp3) is 1.00. The van der Waals surface area contributed by atoms with Gasteiger partial charge in [-0.05, 0) is 57.8 Å². The zero-order valence-electron chi connectivity index (χ0n) is 11.4. The number of piperidine rings is 1. The van der Waals surface area contributed by atoms with Gasteiger partial charge < -0.3 is 5.32 Å². The van der Waals surface area contributed by atoms with Crippen LogP contribution in [0.25, 0.3) is 0 Å². The summed E-state index contributed by atoms with van der Waals surface area (Å²) in [6, 6.07) is 0.295. The maximum absolute atomic E-state index is 11.7. The molecule has 2 rings (SSSR count). The lowest BCUT2D eigenvalue weighted by Crippen LogP contribution is -2.48. The smallest absolute Gasteiger partial charge is 0.151 e. The van der Waals surface area contributed by atoms with Gasteiger partial charge in [0.25, 0.3) is 0 Å². The summed E-state index contributed by atoms with van der Waals surface area (Å²) in [7, 11) is -2.76. The predicted molar refractivity (Wildman–Crippen MR) is 74.5 cm³/mol. The van der Waals surface area contributed by atoms with Gasteiger partial charge in [-0.15, -0.1) is 0 Å². The third-order valence-corrected chi connectivity index (χ3v) is 6.09. The van der Waals surface area contributed by atoms with Crippen molar-refractivity contribution in [1.29, 1.82) is 0 Å². The highest BCUT2D eigenvalue weighted by molar-refractivity contribution is 7.91. The van der Waals surface area contributed by atoms with Crippen molar-refractivity contribution in [1.82, 2.24) is 10.2 Å². The van der Waals surface area contributed by atoms with Gasteiger partial charge in [-0.1, -0.05) is 6.92 Å². The highest BCUT2D eigenvalue weighted by atomic mass is 32.2. The van der Waals surface area contributed by atoms with Crippen molar-refractivity contribution < 1.29 is 8.42 Å². The quantitative estimate of drug-likeness (QED) is 0.827. The monoisotopic (exact) mass is 274 g/mol. The first-order valence-corrected chi connectivity index (χ1v) is 9.08. The molecule has 0 aromatic carbocycles. The van der Waals surface area contributed by atoms with E-state index in [-0.39, 0.29) is 0 Å². The Balaban J connectivity index is 1.79. The number of nitrogens with one attached hydrogen (secondary N) is 1. The van der Waals surface area contributed by atoms with Crippen molar-refractivity contribution in [2.75, 3.05) is 37.7 Å². The van der Waals surface area contributed by atoms with Gasteiger partial charge in [0.2, 0.25) is 0 Å². The average Bonchev–Trinajstić information content (AvgIpc) is 2.36. The maximum Gasteiger partial charge on any atom is 0.151 e. The summed E-state index contributed by atoms with van der Waals surface area (Å²) < 4.78 is 23.3. The molecule has 106 valence electrons. The van der Waals surface area contributed by atoms with E-state index < -0.39 is 9.84 Å². The molecule has 2 aliphatic rings. The number of rotatable bonds is 4. The minimum absolute atomic E-state index is 0.295. The second-order valence-electron chi connectivity index (χ2n) is 5.70. The van der Waals surface area contributed by atoms with Crippen LogP contribution in [-0.4, -0.2) is 57.0 Å². The van der Waals surface area contributed by atoms with Crippen LogP contribution in [-0.2, 0) is 9.84 Å². The normalized spacial score (nSPS) is 30.4. The molecule has 1 N–H and O–H groups in total. The van der Waals surface area contributed by atoms with Crippen LogP contribution < -0.4 is 5.32 Å². The Labute approximate surface area is 111 Å². The molecular formula is C13H26N2O2S. The van der Waals surface area contributed by atoms with Crippen molar-refractivity contribution in [3.63, 3.8) is 0 Å². The second-order valence-corrected chi connectivity index (χ2v) is 7.93. The van der Waals surface area contributed by atoms with E-state index in [0.717, 1.165) is 44.9 Å². The zero-order chi connectivity index (χ0) is 13.0. The number of hydrogen-bond acceptors (Lipinski definition) is 4. The van der Waals surface area contributed by atoms with E-state index in [9.17, 15) is 8.42 Å². The van der Waals surface area contributed by atoms with Crippen LogP contribution in [0.5, 0.6) is 0 Å². The first-order valence-electron chi connectivity index (χ1n) is 7.26. The Bertz CT molecular complexity index is 348. The Morgan fingerprint density at radius 2 is 1.94 bits per heavy atom. The maximum atomic E-state index is 11.7. The fourth-order valence-electron chi connectivity index (χ4n) is 3.16. The van der Waals surface area contributed by atoms with Gasteiger partial charge in [-0.25, -0.2) is 8.42 Å². The average molecular weight is 274 g/mol. The van der Waals surface area contributed by atoms with E-state index in [4.69, 9.17) is 0 Å². The summed E-state index contributed by atoms with van der Waals surface area (Å²) in [5.74, 6) is 1.58. The van der Waals surface area contributed by atoms with Gasteiger partial charge >= 0.3 is 0 Å². The molecule has 0 aliphatic carbocycles. The molecule has 0 aromatic rings. The minimum Gasteiger partial charge on any atom is -0.317 e. The molecule has 2 aliphatic heterocycles. The molecule has 0 spiro atoms.